The molecule has 5 atom stereocenters. The Labute approximate surface area is 199 Å². The lowest BCUT2D eigenvalue weighted by molar-refractivity contribution is -0.0514. The summed E-state index contributed by atoms with van der Waals surface area (Å²) in [5.74, 6) is 0. The first-order valence-corrected chi connectivity index (χ1v) is 11.7. The van der Waals surface area contributed by atoms with E-state index in [0.717, 1.165) is 39.5 Å². The van der Waals surface area contributed by atoms with Crippen LogP contribution in [0.25, 0.3) is 0 Å². The summed E-state index contributed by atoms with van der Waals surface area (Å²) in [5, 5.41) is 19.7. The third-order valence-corrected chi connectivity index (χ3v) is 5.63. The van der Waals surface area contributed by atoms with Crippen molar-refractivity contribution < 1.29 is 24.4 Å². The van der Waals surface area contributed by atoms with Crippen molar-refractivity contribution >= 4 is 20.5 Å². The Morgan fingerprint density at radius 2 is 2.06 bits per heavy atom. The van der Waals surface area contributed by atoms with E-state index in [-0.39, 0.29) is 6.61 Å². The molecule has 0 radical (unpaired) electrons. The molecule has 5 rings (SSSR count). The van der Waals surface area contributed by atoms with E-state index in [1.54, 1.807) is 12.4 Å². The molecule has 0 saturated carbocycles. The molecule has 1 saturated heterocycles. The molecule has 5 heterocycles. The maximum atomic E-state index is 11.6. The molecule has 1 fully saturated rings. The Bertz CT molecular complexity index is 1290. The Kier molecular flexibility index (Phi) is 7.78. The van der Waals surface area contributed by atoms with Gasteiger partial charge in [-0.2, -0.15) is 0 Å². The molecule has 7 N–H and O–H groups in total. The van der Waals surface area contributed by atoms with Crippen LogP contribution in [0.1, 0.15) is 11.9 Å². The molecular weight excluding hydrogens is 479 g/mol. The standard InChI is InChI=1S/C12H9N3.C9H14N3O7P/c1-3-10(13-6-1)9-5-8-15-12(9)11-4-2-7-14-11;10-20(17)18-3-4-6(14)7(15)8(19-4)12-2-1-5(13)11-9(12)16/h1-8,14H;1-2,4,6-8,14-15,17H,3,10H2,(H,11,13,16)/t;4-,6-,7-,8-,20?/m.1/s1. The number of aliphatic hydroxyl groups is 2. The molecular formula is C21H23N6O7P. The van der Waals surface area contributed by atoms with Gasteiger partial charge in [0.2, 0.25) is 8.53 Å². The van der Waals surface area contributed by atoms with E-state index >= 15 is 0 Å². The third-order valence-electron chi connectivity index (χ3n) is 5.22. The summed E-state index contributed by atoms with van der Waals surface area (Å²) in [5.41, 5.74) is 7.70. The first-order chi connectivity index (χ1) is 16.8. The Hall–Kier alpha value is -3.29. The summed E-state index contributed by atoms with van der Waals surface area (Å²) in [6, 6.07) is 5.06. The minimum atomic E-state index is -2.12. The maximum Gasteiger partial charge on any atom is 0.330 e. The summed E-state index contributed by atoms with van der Waals surface area (Å²) in [7, 11) is -2.12. The van der Waals surface area contributed by atoms with Crippen molar-refractivity contribution in [1.82, 2.24) is 14.5 Å². The Morgan fingerprint density at radius 1 is 1.23 bits per heavy atom. The van der Waals surface area contributed by atoms with Gasteiger partial charge in [0.1, 0.15) is 18.3 Å². The number of aromatic amines is 2. The summed E-state index contributed by atoms with van der Waals surface area (Å²) >= 11 is 0. The number of ether oxygens (including phenoxy) is 1. The van der Waals surface area contributed by atoms with Gasteiger partial charge in [0.15, 0.2) is 6.23 Å². The predicted molar refractivity (Wildman–Crippen MR) is 128 cm³/mol. The van der Waals surface area contributed by atoms with Gasteiger partial charge in [-0.1, -0.05) is 0 Å². The molecule has 2 aromatic heterocycles. The number of nitrogens with zero attached hydrogens (tertiary/aromatic N) is 3. The molecule has 0 amide bonds. The number of aliphatic hydroxyl groups excluding tert-OH is 2. The molecule has 3 aliphatic heterocycles. The number of allylic oxidation sites excluding steroid dienone is 4. The van der Waals surface area contributed by atoms with Crippen molar-refractivity contribution in [3.05, 3.63) is 92.8 Å². The van der Waals surface area contributed by atoms with Crippen LogP contribution < -0.4 is 16.8 Å². The van der Waals surface area contributed by atoms with Crippen LogP contribution in [-0.2, 0) is 9.26 Å². The second-order valence-electron chi connectivity index (χ2n) is 7.48. The van der Waals surface area contributed by atoms with Gasteiger partial charge in [0, 0.05) is 36.4 Å². The average Bonchev–Trinajstić information content (AvgIpc) is 3.62. The summed E-state index contributed by atoms with van der Waals surface area (Å²) in [6.07, 6.45) is 7.69. The number of H-pyrrole nitrogens is 2. The fourth-order valence-electron chi connectivity index (χ4n) is 3.57. The first-order valence-electron chi connectivity index (χ1n) is 10.4. The fraction of sp³-hybridized carbons (Fsp3) is 0.238. The van der Waals surface area contributed by atoms with Crippen molar-refractivity contribution in [2.45, 2.75) is 24.5 Å². The molecule has 0 bridgehead atoms. The second-order valence-corrected chi connectivity index (χ2v) is 8.34. The molecule has 1 unspecified atom stereocenters. The van der Waals surface area contributed by atoms with Crippen molar-refractivity contribution in [3.8, 4) is 0 Å². The fourth-order valence-corrected chi connectivity index (χ4v) is 3.87. The van der Waals surface area contributed by atoms with Crippen LogP contribution in [0.4, 0.5) is 0 Å². The van der Waals surface area contributed by atoms with E-state index in [2.05, 4.69) is 15.0 Å². The number of nitrogens with two attached hydrogens (primary N) is 1. The number of aliphatic imine (C=N–C) groups is 2. The predicted octanol–water partition coefficient (Wildman–Crippen LogP) is -0.424. The van der Waals surface area contributed by atoms with Gasteiger partial charge in [0.05, 0.1) is 23.7 Å². The topological polar surface area (TPSA) is 201 Å². The smallest absolute Gasteiger partial charge is 0.330 e. The van der Waals surface area contributed by atoms with Crippen LogP contribution in [0.3, 0.4) is 0 Å². The molecule has 0 spiro atoms. The van der Waals surface area contributed by atoms with E-state index in [1.165, 1.54) is 0 Å². The molecule has 0 aliphatic carbocycles. The number of hydrogen-bond donors (Lipinski definition) is 6. The third kappa shape index (κ3) is 5.69. The van der Waals surface area contributed by atoms with E-state index in [9.17, 15) is 19.8 Å². The lowest BCUT2D eigenvalue weighted by Gasteiger charge is -2.16. The molecule has 3 aliphatic rings. The van der Waals surface area contributed by atoms with Crippen molar-refractivity contribution in [2.75, 3.05) is 6.61 Å². The molecule has 35 heavy (non-hydrogen) atoms. The Balaban J connectivity index is 0.000000171. The van der Waals surface area contributed by atoms with Gasteiger partial charge < -0.3 is 29.4 Å². The van der Waals surface area contributed by atoms with Crippen LogP contribution in [-0.4, -0.2) is 66.5 Å². The first kappa shape index (κ1) is 24.8. The second kappa shape index (κ2) is 11.0. The maximum absolute atomic E-state index is 11.6. The van der Waals surface area contributed by atoms with Gasteiger partial charge in [-0.05, 0) is 30.4 Å². The SMILES string of the molecule is C1=CC(=C2C=CN=C2c2ccc[nH]2)N=C1.NP(O)OC[C@H]1O[C@@H](n2ccc(=O)[nH]c2=O)[C@H](O)[C@@H]1O. The normalized spacial score (nSPS) is 27.7. The number of hydrogen-bond acceptors (Lipinski definition) is 10. The zero-order chi connectivity index (χ0) is 24.9. The molecule has 0 aromatic carbocycles. The minimum absolute atomic E-state index is 0.245. The summed E-state index contributed by atoms with van der Waals surface area (Å²) < 4.78 is 11.0. The van der Waals surface area contributed by atoms with E-state index < -0.39 is 44.3 Å². The zero-order valence-corrected chi connectivity index (χ0v) is 19.0. The lowest BCUT2D eigenvalue weighted by Crippen LogP contribution is -2.37. The largest absolute Gasteiger partial charge is 0.387 e. The average molecular weight is 502 g/mol. The van der Waals surface area contributed by atoms with Gasteiger partial charge in [-0.15, -0.1) is 0 Å². The highest BCUT2D eigenvalue weighted by molar-refractivity contribution is 7.43. The Morgan fingerprint density at radius 3 is 2.71 bits per heavy atom. The zero-order valence-electron chi connectivity index (χ0n) is 18.1. The van der Waals surface area contributed by atoms with Crippen LogP contribution in [0, 0.1) is 0 Å². The highest BCUT2D eigenvalue weighted by Gasteiger charge is 2.44. The van der Waals surface area contributed by atoms with Gasteiger partial charge in [-0.25, -0.2) is 4.79 Å². The molecule has 2 aromatic rings. The van der Waals surface area contributed by atoms with Crippen LogP contribution >= 0.6 is 8.53 Å². The van der Waals surface area contributed by atoms with Gasteiger partial charge in [0.25, 0.3) is 5.56 Å². The van der Waals surface area contributed by atoms with Crippen LogP contribution in [0.5, 0.6) is 0 Å². The minimum Gasteiger partial charge on any atom is -0.387 e. The highest BCUT2D eigenvalue weighted by atomic mass is 31.2. The van der Waals surface area contributed by atoms with Crippen LogP contribution in [0.2, 0.25) is 0 Å². The van der Waals surface area contributed by atoms with E-state index in [1.807, 2.05) is 41.5 Å². The quantitative estimate of drug-likeness (QED) is 0.296. The monoisotopic (exact) mass is 502 g/mol. The van der Waals surface area contributed by atoms with Crippen molar-refractivity contribution in [1.29, 1.82) is 0 Å². The van der Waals surface area contributed by atoms with Crippen molar-refractivity contribution in [2.24, 2.45) is 15.5 Å². The van der Waals surface area contributed by atoms with Crippen LogP contribution in [0.15, 0.2) is 85.9 Å². The lowest BCUT2D eigenvalue weighted by atomic mass is 10.1. The highest BCUT2D eigenvalue weighted by Crippen LogP contribution is 2.30. The summed E-state index contributed by atoms with van der Waals surface area (Å²) in [4.78, 5) is 45.2. The van der Waals surface area contributed by atoms with E-state index in [4.69, 9.17) is 19.7 Å². The molecule has 14 heteroatoms. The molecule has 184 valence electrons. The van der Waals surface area contributed by atoms with E-state index in [0.29, 0.717) is 0 Å². The molecule has 13 nitrogen and oxygen atoms in total. The van der Waals surface area contributed by atoms with Gasteiger partial charge in [-0.3, -0.25) is 29.8 Å². The summed E-state index contributed by atoms with van der Waals surface area (Å²) in [6.45, 7) is -0.245. The number of rotatable bonds is 5. The number of aromatic nitrogens is 3. The number of nitrogens with one attached hydrogen (secondary N) is 2. The van der Waals surface area contributed by atoms with Crippen molar-refractivity contribution in [3.63, 3.8) is 0 Å². The van der Waals surface area contributed by atoms with Gasteiger partial charge >= 0.3 is 5.69 Å².